The van der Waals surface area contributed by atoms with E-state index in [0.717, 1.165) is 6.21 Å². The first kappa shape index (κ1) is 16.2. The van der Waals surface area contributed by atoms with Gasteiger partial charge < -0.3 is 10.2 Å². The smallest absolute Gasteiger partial charge is 0.337 e. The van der Waals surface area contributed by atoms with Gasteiger partial charge in [-0.1, -0.05) is 23.2 Å². The summed E-state index contributed by atoms with van der Waals surface area (Å²) in [5.41, 5.74) is -0.102. The number of ketones is 1. The van der Waals surface area contributed by atoms with E-state index >= 15 is 0 Å². The van der Waals surface area contributed by atoms with Crippen LogP contribution >= 0.6 is 23.2 Å². The van der Waals surface area contributed by atoms with E-state index < -0.39 is 5.97 Å². The average Bonchev–Trinajstić information content (AvgIpc) is 2.31. The second kappa shape index (κ2) is 6.54. The van der Waals surface area contributed by atoms with E-state index in [1.165, 1.54) is 26.0 Å². The maximum atomic E-state index is 11.3. The molecule has 0 aliphatic rings. The predicted octanol–water partition coefficient (Wildman–Crippen LogP) is 3.81. The van der Waals surface area contributed by atoms with Gasteiger partial charge in [0.1, 0.15) is 5.76 Å². The number of allylic oxidation sites excluding steroid dienone is 2. The van der Waals surface area contributed by atoms with Crippen LogP contribution in [0.3, 0.4) is 0 Å². The standard InChI is InChI=1S/C13H11Cl2NO4/c1-6(17)10(7(2)18)5-16-11-4-8(14)3-9(12(11)15)13(19)20/h3-5,17H,1-2H3,(H,19,20). The van der Waals surface area contributed by atoms with Crippen LogP contribution in [0.15, 0.2) is 28.5 Å². The Morgan fingerprint density at radius 3 is 2.25 bits per heavy atom. The van der Waals surface area contributed by atoms with Crippen molar-refractivity contribution in [3.63, 3.8) is 0 Å². The Labute approximate surface area is 125 Å². The molecule has 0 saturated heterocycles. The molecule has 0 atom stereocenters. The van der Waals surface area contributed by atoms with E-state index in [0.29, 0.717) is 0 Å². The second-order valence-corrected chi connectivity index (χ2v) is 4.72. The molecule has 106 valence electrons. The number of aliphatic hydroxyl groups is 1. The highest BCUT2D eigenvalue weighted by Crippen LogP contribution is 2.32. The fraction of sp³-hybridized carbons (Fsp3) is 0.154. The van der Waals surface area contributed by atoms with Gasteiger partial charge in [0.15, 0.2) is 5.78 Å². The van der Waals surface area contributed by atoms with Gasteiger partial charge in [-0.15, -0.1) is 0 Å². The lowest BCUT2D eigenvalue weighted by atomic mass is 10.1. The van der Waals surface area contributed by atoms with Gasteiger partial charge >= 0.3 is 5.97 Å². The first-order chi connectivity index (χ1) is 9.23. The highest BCUT2D eigenvalue weighted by molar-refractivity contribution is 6.38. The lowest BCUT2D eigenvalue weighted by molar-refractivity contribution is -0.113. The van der Waals surface area contributed by atoms with Gasteiger partial charge in [-0.2, -0.15) is 0 Å². The molecule has 7 heteroatoms. The molecule has 0 aliphatic heterocycles. The fourth-order valence-corrected chi connectivity index (χ4v) is 1.85. The molecule has 0 unspecified atom stereocenters. The molecule has 0 spiro atoms. The molecular weight excluding hydrogens is 305 g/mol. The van der Waals surface area contributed by atoms with Crippen molar-refractivity contribution in [1.82, 2.24) is 0 Å². The number of carboxylic acids is 1. The summed E-state index contributed by atoms with van der Waals surface area (Å²) in [4.78, 5) is 26.2. The number of benzene rings is 1. The molecule has 2 N–H and O–H groups in total. The molecule has 5 nitrogen and oxygen atoms in total. The molecule has 0 amide bonds. The SMILES string of the molecule is CC(=O)C(C=Nc1cc(Cl)cc(C(=O)O)c1Cl)=C(C)O. The van der Waals surface area contributed by atoms with Crippen molar-refractivity contribution < 1.29 is 19.8 Å². The van der Waals surface area contributed by atoms with Crippen LogP contribution < -0.4 is 0 Å². The molecule has 0 heterocycles. The number of aliphatic imine (C=N–C) groups is 1. The third-order valence-electron chi connectivity index (χ3n) is 2.35. The largest absolute Gasteiger partial charge is 0.512 e. The minimum absolute atomic E-state index is 0.00193. The molecule has 0 radical (unpaired) electrons. The Bertz CT molecular complexity index is 632. The summed E-state index contributed by atoms with van der Waals surface area (Å²) in [5.74, 6) is -1.82. The minimum Gasteiger partial charge on any atom is -0.512 e. The second-order valence-electron chi connectivity index (χ2n) is 3.91. The van der Waals surface area contributed by atoms with E-state index in [4.69, 9.17) is 28.3 Å². The lowest BCUT2D eigenvalue weighted by Gasteiger charge is -2.04. The van der Waals surface area contributed by atoms with E-state index in [1.807, 2.05) is 0 Å². The fourth-order valence-electron chi connectivity index (χ4n) is 1.40. The molecular formula is C13H11Cl2NO4. The van der Waals surface area contributed by atoms with Crippen molar-refractivity contribution in [2.24, 2.45) is 4.99 Å². The molecule has 0 saturated carbocycles. The number of rotatable bonds is 4. The van der Waals surface area contributed by atoms with Gasteiger partial charge in [0.25, 0.3) is 0 Å². The van der Waals surface area contributed by atoms with Crippen LogP contribution in [0.2, 0.25) is 10.0 Å². The summed E-state index contributed by atoms with van der Waals surface area (Å²) in [5, 5.41) is 18.4. The highest BCUT2D eigenvalue weighted by Gasteiger charge is 2.14. The maximum absolute atomic E-state index is 11.3. The maximum Gasteiger partial charge on any atom is 0.337 e. The first-order valence-corrected chi connectivity index (χ1v) is 6.16. The van der Waals surface area contributed by atoms with Crippen LogP contribution in [0.5, 0.6) is 0 Å². The molecule has 0 fully saturated rings. The van der Waals surface area contributed by atoms with Crippen LogP contribution in [0.1, 0.15) is 24.2 Å². The van der Waals surface area contributed by atoms with Gasteiger partial charge in [-0.3, -0.25) is 9.79 Å². The van der Waals surface area contributed by atoms with Crippen LogP contribution in [0.4, 0.5) is 5.69 Å². The number of hydrogen-bond acceptors (Lipinski definition) is 4. The van der Waals surface area contributed by atoms with E-state index in [9.17, 15) is 14.7 Å². The number of aliphatic hydroxyl groups excluding tert-OH is 1. The minimum atomic E-state index is -1.24. The zero-order chi connectivity index (χ0) is 15.4. The van der Waals surface area contributed by atoms with Crippen molar-refractivity contribution in [3.05, 3.63) is 39.1 Å². The summed E-state index contributed by atoms with van der Waals surface area (Å²) in [6.07, 6.45) is 1.11. The highest BCUT2D eigenvalue weighted by atomic mass is 35.5. The zero-order valence-corrected chi connectivity index (χ0v) is 12.2. The third kappa shape index (κ3) is 3.82. The number of Topliss-reactive ketones (excluding diaryl/α,β-unsaturated/α-hetero) is 1. The Kier molecular flexibility index (Phi) is 5.30. The average molecular weight is 316 g/mol. The van der Waals surface area contributed by atoms with Crippen LogP contribution in [-0.2, 0) is 4.79 Å². The summed E-state index contributed by atoms with van der Waals surface area (Å²) < 4.78 is 0. The molecule has 1 aromatic rings. The lowest BCUT2D eigenvalue weighted by Crippen LogP contribution is -2.01. The van der Waals surface area contributed by atoms with Gasteiger partial charge in [0, 0.05) is 11.2 Å². The van der Waals surface area contributed by atoms with Crippen molar-refractivity contribution in [1.29, 1.82) is 0 Å². The Hall–Kier alpha value is -1.85. The van der Waals surface area contributed by atoms with E-state index in [-0.39, 0.29) is 38.4 Å². The number of nitrogens with zero attached hydrogens (tertiary/aromatic N) is 1. The molecule has 0 bridgehead atoms. The monoisotopic (exact) mass is 315 g/mol. The molecule has 0 aliphatic carbocycles. The molecule has 1 aromatic carbocycles. The number of hydrogen-bond donors (Lipinski definition) is 2. The van der Waals surface area contributed by atoms with Crippen molar-refractivity contribution in [2.45, 2.75) is 13.8 Å². The summed E-state index contributed by atoms with van der Waals surface area (Å²) in [6.45, 7) is 2.61. The molecule has 1 rings (SSSR count). The van der Waals surface area contributed by atoms with Gasteiger partial charge in [0.05, 0.1) is 21.8 Å². The quantitative estimate of drug-likeness (QED) is 0.502. The summed E-state index contributed by atoms with van der Waals surface area (Å²) in [7, 11) is 0. The molecule has 20 heavy (non-hydrogen) atoms. The molecule has 0 aromatic heterocycles. The summed E-state index contributed by atoms with van der Waals surface area (Å²) >= 11 is 11.7. The van der Waals surface area contributed by atoms with E-state index in [2.05, 4.69) is 4.99 Å². The Morgan fingerprint density at radius 1 is 1.20 bits per heavy atom. The normalized spacial score (nSPS) is 12.4. The van der Waals surface area contributed by atoms with Crippen LogP contribution in [0.25, 0.3) is 0 Å². The van der Waals surface area contributed by atoms with E-state index in [1.54, 1.807) is 0 Å². The van der Waals surface area contributed by atoms with Gasteiger partial charge in [-0.05, 0) is 26.0 Å². The van der Waals surface area contributed by atoms with Crippen LogP contribution in [0, 0.1) is 0 Å². The zero-order valence-electron chi connectivity index (χ0n) is 10.6. The van der Waals surface area contributed by atoms with Crippen LogP contribution in [-0.4, -0.2) is 28.2 Å². The number of aromatic carboxylic acids is 1. The van der Waals surface area contributed by atoms with Crippen molar-refractivity contribution in [3.8, 4) is 0 Å². The number of halogens is 2. The van der Waals surface area contributed by atoms with Gasteiger partial charge in [-0.25, -0.2) is 4.79 Å². The predicted molar refractivity (Wildman–Crippen MR) is 77.6 cm³/mol. The number of carboxylic acid groups (broad SMARTS) is 1. The first-order valence-electron chi connectivity index (χ1n) is 5.41. The van der Waals surface area contributed by atoms with Crippen molar-refractivity contribution in [2.75, 3.05) is 0 Å². The third-order valence-corrected chi connectivity index (χ3v) is 2.97. The number of carbonyl (C=O) groups is 2. The number of carbonyl (C=O) groups excluding carboxylic acids is 1. The van der Waals surface area contributed by atoms with Crippen molar-refractivity contribution >= 4 is 46.9 Å². The summed E-state index contributed by atoms with van der Waals surface area (Å²) in [6, 6.07) is 2.56. The Balaban J connectivity index is 3.32. The van der Waals surface area contributed by atoms with Gasteiger partial charge in [0.2, 0.25) is 0 Å². The Morgan fingerprint density at radius 2 is 1.80 bits per heavy atom. The topological polar surface area (TPSA) is 87.0 Å².